The number of nitrogens with zero attached hydrogens (tertiary/aromatic N) is 2. The Bertz CT molecular complexity index is 672. The van der Waals surface area contributed by atoms with Gasteiger partial charge in [0.1, 0.15) is 0 Å². The lowest BCUT2D eigenvalue weighted by Crippen LogP contribution is -2.05. The zero-order chi connectivity index (χ0) is 14.8. The molecule has 0 bridgehead atoms. The van der Waals surface area contributed by atoms with Gasteiger partial charge in [0.05, 0.1) is 23.7 Å². The molecule has 0 N–H and O–H groups in total. The second kappa shape index (κ2) is 5.29. The van der Waals surface area contributed by atoms with E-state index in [1.165, 1.54) is 18.2 Å². The van der Waals surface area contributed by atoms with E-state index in [2.05, 4.69) is 4.98 Å². The summed E-state index contributed by atoms with van der Waals surface area (Å²) < 4.78 is 51.2. The molecule has 6 heteroatoms. The van der Waals surface area contributed by atoms with E-state index in [4.69, 9.17) is 5.26 Å². The van der Waals surface area contributed by atoms with Gasteiger partial charge in [-0.1, -0.05) is 18.2 Å². The molecule has 2 nitrogen and oxygen atoms in total. The van der Waals surface area contributed by atoms with E-state index >= 15 is 0 Å². The minimum atomic E-state index is -4.49. The van der Waals surface area contributed by atoms with Gasteiger partial charge in [-0.3, -0.25) is 0 Å². The van der Waals surface area contributed by atoms with Crippen LogP contribution in [0.25, 0.3) is 11.3 Å². The molecule has 0 atom stereocenters. The van der Waals surface area contributed by atoms with E-state index in [1.807, 2.05) is 6.07 Å². The molecule has 1 heterocycles. The first-order chi connectivity index (χ1) is 9.41. The average Bonchev–Trinajstić information content (AvgIpc) is 2.40. The Kier molecular flexibility index (Phi) is 3.70. The van der Waals surface area contributed by atoms with Crippen LogP contribution in [0.1, 0.15) is 11.1 Å². The summed E-state index contributed by atoms with van der Waals surface area (Å²) in [5.74, 6) is -0.806. The van der Waals surface area contributed by atoms with Gasteiger partial charge in [-0.2, -0.15) is 22.8 Å². The van der Waals surface area contributed by atoms with Gasteiger partial charge < -0.3 is 0 Å². The number of halogens is 4. The Balaban J connectivity index is 2.57. The van der Waals surface area contributed by atoms with Crippen molar-refractivity contribution in [2.75, 3.05) is 0 Å². The summed E-state index contributed by atoms with van der Waals surface area (Å²) in [6, 6.07) is 8.73. The maximum atomic E-state index is 13.2. The highest BCUT2D eigenvalue weighted by Gasteiger charge is 2.30. The second-order valence-corrected chi connectivity index (χ2v) is 4.06. The van der Waals surface area contributed by atoms with Crippen molar-refractivity contribution in [2.45, 2.75) is 12.6 Å². The van der Waals surface area contributed by atoms with Gasteiger partial charge >= 0.3 is 6.18 Å². The van der Waals surface area contributed by atoms with Crippen LogP contribution in [-0.2, 0) is 12.6 Å². The van der Waals surface area contributed by atoms with Crippen LogP contribution in [-0.4, -0.2) is 4.98 Å². The van der Waals surface area contributed by atoms with Gasteiger partial charge in [0.15, 0.2) is 0 Å². The molecule has 0 saturated carbocycles. The van der Waals surface area contributed by atoms with Crippen LogP contribution in [0.4, 0.5) is 17.6 Å². The van der Waals surface area contributed by atoms with Crippen LogP contribution in [0.2, 0.25) is 0 Å². The Morgan fingerprint density at radius 1 is 1.15 bits per heavy atom. The van der Waals surface area contributed by atoms with Gasteiger partial charge in [-0.25, -0.2) is 4.98 Å². The fourth-order valence-electron chi connectivity index (χ4n) is 1.78. The Hall–Kier alpha value is -2.42. The number of aromatic nitrogens is 1. The van der Waals surface area contributed by atoms with Gasteiger partial charge in [0.2, 0.25) is 5.95 Å². The van der Waals surface area contributed by atoms with E-state index in [-0.39, 0.29) is 17.7 Å². The van der Waals surface area contributed by atoms with Crippen LogP contribution >= 0.6 is 0 Å². The molecule has 0 unspecified atom stereocenters. The molecule has 0 fully saturated rings. The number of hydrogen-bond acceptors (Lipinski definition) is 2. The highest BCUT2D eigenvalue weighted by Crippen LogP contribution is 2.32. The number of rotatable bonds is 2. The molecule has 0 aliphatic rings. The van der Waals surface area contributed by atoms with Crippen LogP contribution in [0.3, 0.4) is 0 Å². The Labute approximate surface area is 112 Å². The van der Waals surface area contributed by atoms with E-state index in [0.29, 0.717) is 5.56 Å². The Morgan fingerprint density at radius 2 is 1.90 bits per heavy atom. The summed E-state index contributed by atoms with van der Waals surface area (Å²) in [6.45, 7) is 0. The summed E-state index contributed by atoms with van der Waals surface area (Å²) in [5, 5.41) is 8.69. The zero-order valence-corrected chi connectivity index (χ0v) is 10.1. The standard InChI is InChI=1S/C14H8F4N2/c15-12-5-4-9(6-7-19)13(20-12)10-2-1-3-11(8-10)14(16,17)18/h1-5,8H,6H2. The van der Waals surface area contributed by atoms with Crippen molar-refractivity contribution in [1.29, 1.82) is 5.26 Å². The number of benzene rings is 1. The monoisotopic (exact) mass is 280 g/mol. The van der Waals surface area contributed by atoms with Crippen molar-refractivity contribution in [3.63, 3.8) is 0 Å². The zero-order valence-electron chi connectivity index (χ0n) is 10.1. The lowest BCUT2D eigenvalue weighted by molar-refractivity contribution is -0.137. The molecule has 2 aromatic rings. The van der Waals surface area contributed by atoms with E-state index in [1.54, 1.807) is 0 Å². The SMILES string of the molecule is N#CCc1ccc(F)nc1-c1cccc(C(F)(F)F)c1. The van der Waals surface area contributed by atoms with E-state index in [0.717, 1.165) is 18.2 Å². The molecule has 1 aromatic carbocycles. The van der Waals surface area contributed by atoms with Crippen molar-refractivity contribution in [3.05, 3.63) is 53.5 Å². The number of pyridine rings is 1. The fraction of sp³-hybridized carbons (Fsp3) is 0.143. The number of alkyl halides is 3. The lowest BCUT2D eigenvalue weighted by atomic mass is 10.0. The van der Waals surface area contributed by atoms with Crippen LogP contribution < -0.4 is 0 Å². The van der Waals surface area contributed by atoms with Gasteiger partial charge in [0, 0.05) is 5.56 Å². The third-order valence-corrected chi connectivity index (χ3v) is 2.68. The molecule has 102 valence electrons. The molecule has 0 spiro atoms. The fourth-order valence-corrected chi connectivity index (χ4v) is 1.78. The maximum Gasteiger partial charge on any atom is 0.416 e. The largest absolute Gasteiger partial charge is 0.416 e. The first kappa shape index (κ1) is 14.0. The molecule has 0 aliphatic heterocycles. The molecule has 1 aromatic heterocycles. The predicted molar refractivity (Wildman–Crippen MR) is 64.0 cm³/mol. The molecule has 2 rings (SSSR count). The first-order valence-electron chi connectivity index (χ1n) is 5.62. The van der Waals surface area contributed by atoms with Crippen molar-refractivity contribution in [2.24, 2.45) is 0 Å². The molecular formula is C14H8F4N2. The third-order valence-electron chi connectivity index (χ3n) is 2.68. The van der Waals surface area contributed by atoms with Crippen LogP contribution in [0.5, 0.6) is 0 Å². The van der Waals surface area contributed by atoms with E-state index in [9.17, 15) is 17.6 Å². The minimum absolute atomic E-state index is 0.0534. The topological polar surface area (TPSA) is 36.7 Å². The number of hydrogen-bond donors (Lipinski definition) is 0. The van der Waals surface area contributed by atoms with Crippen LogP contribution in [0.15, 0.2) is 36.4 Å². The highest BCUT2D eigenvalue weighted by molar-refractivity contribution is 5.64. The summed E-state index contributed by atoms with van der Waals surface area (Å²) in [6.07, 6.45) is -4.54. The third kappa shape index (κ3) is 2.94. The molecule has 20 heavy (non-hydrogen) atoms. The lowest BCUT2D eigenvalue weighted by Gasteiger charge is -2.10. The smallest absolute Gasteiger partial charge is 0.219 e. The van der Waals surface area contributed by atoms with Crippen LogP contribution in [0, 0.1) is 17.3 Å². The molecule has 0 radical (unpaired) electrons. The van der Waals surface area contributed by atoms with Crippen molar-refractivity contribution in [3.8, 4) is 17.3 Å². The maximum absolute atomic E-state index is 13.2. The van der Waals surface area contributed by atoms with Crippen molar-refractivity contribution >= 4 is 0 Å². The van der Waals surface area contributed by atoms with Crippen molar-refractivity contribution < 1.29 is 17.6 Å². The quantitative estimate of drug-likeness (QED) is 0.616. The van der Waals surface area contributed by atoms with Gasteiger partial charge in [0.25, 0.3) is 0 Å². The summed E-state index contributed by atoms with van der Waals surface area (Å²) >= 11 is 0. The van der Waals surface area contributed by atoms with Crippen molar-refractivity contribution in [1.82, 2.24) is 4.98 Å². The molecule has 0 aliphatic carbocycles. The minimum Gasteiger partial charge on any atom is -0.219 e. The summed E-state index contributed by atoms with van der Waals surface area (Å²) in [7, 11) is 0. The highest BCUT2D eigenvalue weighted by atomic mass is 19.4. The average molecular weight is 280 g/mol. The van der Waals surface area contributed by atoms with Gasteiger partial charge in [-0.05, 0) is 23.8 Å². The number of nitriles is 1. The van der Waals surface area contributed by atoms with Gasteiger partial charge in [-0.15, -0.1) is 0 Å². The normalized spacial score (nSPS) is 11.2. The van der Waals surface area contributed by atoms with E-state index < -0.39 is 17.7 Å². The predicted octanol–water partition coefficient (Wildman–Crippen LogP) is 3.97. The molecular weight excluding hydrogens is 272 g/mol. The summed E-state index contributed by atoms with van der Waals surface area (Å²) in [4.78, 5) is 3.60. The first-order valence-corrected chi connectivity index (χ1v) is 5.62. The second-order valence-electron chi connectivity index (χ2n) is 4.06. The molecule has 0 amide bonds. The molecule has 0 saturated heterocycles. The summed E-state index contributed by atoms with van der Waals surface area (Å²) in [5.41, 5.74) is -0.278. The Morgan fingerprint density at radius 3 is 2.55 bits per heavy atom.